The van der Waals surface area contributed by atoms with Gasteiger partial charge in [-0.3, -0.25) is 14.7 Å². The molecule has 2 aromatic rings. The predicted octanol–water partition coefficient (Wildman–Crippen LogP) is 1.76. The molecule has 0 saturated carbocycles. The standard InChI is InChI=1S/C14H18N4O2/c1-3-4-7-18(2)14(20)13(19)16-11-6-5-10-9-15-17-12(10)8-11/h5-6,8-9H,3-4,7H2,1-2H3,(H,15,17)(H,16,19). The number of likely N-dealkylation sites (N-methyl/N-ethyl adjacent to an activating group) is 1. The second kappa shape index (κ2) is 6.18. The summed E-state index contributed by atoms with van der Waals surface area (Å²) < 4.78 is 0. The minimum atomic E-state index is -0.623. The molecule has 2 N–H and O–H groups in total. The van der Waals surface area contributed by atoms with Crippen molar-refractivity contribution in [1.29, 1.82) is 0 Å². The summed E-state index contributed by atoms with van der Waals surface area (Å²) in [6.07, 6.45) is 3.57. The Labute approximate surface area is 117 Å². The van der Waals surface area contributed by atoms with E-state index < -0.39 is 11.8 Å². The van der Waals surface area contributed by atoms with E-state index in [1.165, 1.54) is 4.90 Å². The lowest BCUT2D eigenvalue weighted by Crippen LogP contribution is -2.37. The van der Waals surface area contributed by atoms with Gasteiger partial charge in [0, 0.05) is 24.7 Å². The van der Waals surface area contributed by atoms with E-state index in [-0.39, 0.29) is 0 Å². The fraction of sp³-hybridized carbons (Fsp3) is 0.357. The summed E-state index contributed by atoms with van der Waals surface area (Å²) in [5, 5.41) is 10.3. The Balaban J connectivity index is 2.01. The van der Waals surface area contributed by atoms with Crippen molar-refractivity contribution in [2.24, 2.45) is 0 Å². The van der Waals surface area contributed by atoms with Gasteiger partial charge in [0.05, 0.1) is 11.7 Å². The number of hydrogen-bond donors (Lipinski definition) is 2. The molecule has 1 heterocycles. The second-order valence-corrected chi connectivity index (χ2v) is 4.71. The van der Waals surface area contributed by atoms with Crippen molar-refractivity contribution in [3.05, 3.63) is 24.4 Å². The molecule has 0 aliphatic rings. The number of carbonyl (C=O) groups is 2. The number of unbranched alkanes of at least 4 members (excludes halogenated alkanes) is 1. The Morgan fingerprint density at radius 1 is 1.40 bits per heavy atom. The SMILES string of the molecule is CCCCN(C)C(=O)C(=O)Nc1ccc2cn[nH]c2c1. The molecule has 0 bridgehead atoms. The Morgan fingerprint density at radius 3 is 2.95 bits per heavy atom. The third kappa shape index (κ3) is 3.14. The lowest BCUT2D eigenvalue weighted by Gasteiger charge is -2.16. The van der Waals surface area contributed by atoms with Crippen LogP contribution < -0.4 is 5.32 Å². The number of hydrogen-bond acceptors (Lipinski definition) is 3. The fourth-order valence-corrected chi connectivity index (χ4v) is 1.87. The maximum Gasteiger partial charge on any atom is 0.313 e. The van der Waals surface area contributed by atoms with Crippen LogP contribution in [0.15, 0.2) is 24.4 Å². The molecule has 0 radical (unpaired) electrons. The number of nitrogens with zero attached hydrogens (tertiary/aromatic N) is 2. The van der Waals surface area contributed by atoms with Gasteiger partial charge in [0.25, 0.3) is 0 Å². The van der Waals surface area contributed by atoms with Crippen LogP contribution in [-0.2, 0) is 9.59 Å². The van der Waals surface area contributed by atoms with E-state index in [0.29, 0.717) is 12.2 Å². The van der Waals surface area contributed by atoms with Gasteiger partial charge < -0.3 is 10.2 Å². The number of rotatable bonds is 4. The van der Waals surface area contributed by atoms with Crippen LogP contribution in [0, 0.1) is 0 Å². The average Bonchev–Trinajstić information content (AvgIpc) is 2.91. The zero-order valence-corrected chi connectivity index (χ0v) is 11.6. The van der Waals surface area contributed by atoms with E-state index in [1.54, 1.807) is 25.4 Å². The minimum absolute atomic E-state index is 0.525. The molecule has 1 aromatic heterocycles. The van der Waals surface area contributed by atoms with E-state index in [2.05, 4.69) is 15.5 Å². The minimum Gasteiger partial charge on any atom is -0.338 e. The van der Waals surface area contributed by atoms with Crippen molar-refractivity contribution in [2.45, 2.75) is 19.8 Å². The summed E-state index contributed by atoms with van der Waals surface area (Å²) in [6, 6.07) is 5.33. The number of nitrogens with one attached hydrogen (secondary N) is 2. The molecule has 0 atom stereocenters. The van der Waals surface area contributed by atoms with E-state index in [4.69, 9.17) is 0 Å². The number of carbonyl (C=O) groups excluding carboxylic acids is 2. The molecule has 0 fully saturated rings. The Hall–Kier alpha value is -2.37. The molecule has 0 aliphatic carbocycles. The molecular weight excluding hydrogens is 256 g/mol. The van der Waals surface area contributed by atoms with Crippen LogP contribution in [0.25, 0.3) is 10.9 Å². The van der Waals surface area contributed by atoms with Gasteiger partial charge in [-0.25, -0.2) is 0 Å². The zero-order chi connectivity index (χ0) is 14.5. The molecule has 0 aliphatic heterocycles. The molecular formula is C14H18N4O2. The molecule has 0 spiro atoms. The summed E-state index contributed by atoms with van der Waals surface area (Å²) in [6.45, 7) is 2.63. The Kier molecular flexibility index (Phi) is 4.34. The van der Waals surface area contributed by atoms with Crippen molar-refractivity contribution in [3.8, 4) is 0 Å². The third-order valence-electron chi connectivity index (χ3n) is 3.09. The van der Waals surface area contributed by atoms with Crippen molar-refractivity contribution in [3.63, 3.8) is 0 Å². The molecule has 106 valence electrons. The highest BCUT2D eigenvalue weighted by molar-refractivity contribution is 6.39. The first-order chi connectivity index (χ1) is 9.61. The van der Waals surface area contributed by atoms with Crippen LogP contribution in [0.1, 0.15) is 19.8 Å². The normalized spacial score (nSPS) is 10.5. The van der Waals surface area contributed by atoms with Crippen LogP contribution in [0.4, 0.5) is 5.69 Å². The van der Waals surface area contributed by atoms with E-state index >= 15 is 0 Å². The van der Waals surface area contributed by atoms with Gasteiger partial charge in [-0.1, -0.05) is 13.3 Å². The Bertz CT molecular complexity index is 620. The first-order valence-corrected chi connectivity index (χ1v) is 6.61. The van der Waals surface area contributed by atoms with Crippen LogP contribution in [0.5, 0.6) is 0 Å². The first kappa shape index (κ1) is 14.0. The van der Waals surface area contributed by atoms with Crippen LogP contribution >= 0.6 is 0 Å². The molecule has 2 amide bonds. The van der Waals surface area contributed by atoms with E-state index in [0.717, 1.165) is 23.7 Å². The molecule has 6 heteroatoms. The highest BCUT2D eigenvalue weighted by Gasteiger charge is 2.18. The number of fused-ring (bicyclic) bond motifs is 1. The summed E-state index contributed by atoms with van der Waals surface area (Å²) in [4.78, 5) is 25.2. The van der Waals surface area contributed by atoms with Crippen LogP contribution in [0.2, 0.25) is 0 Å². The van der Waals surface area contributed by atoms with Crippen LogP contribution in [-0.4, -0.2) is 40.5 Å². The van der Waals surface area contributed by atoms with Gasteiger partial charge in [-0.2, -0.15) is 5.10 Å². The monoisotopic (exact) mass is 274 g/mol. The number of amides is 2. The van der Waals surface area contributed by atoms with E-state index in [1.807, 2.05) is 13.0 Å². The summed E-state index contributed by atoms with van der Waals surface area (Å²) in [5.41, 5.74) is 1.39. The maximum absolute atomic E-state index is 11.9. The van der Waals surface area contributed by atoms with Crippen molar-refractivity contribution >= 4 is 28.4 Å². The quantitative estimate of drug-likeness (QED) is 0.834. The van der Waals surface area contributed by atoms with Gasteiger partial charge in [0.15, 0.2) is 0 Å². The molecule has 1 aromatic carbocycles. The molecule has 6 nitrogen and oxygen atoms in total. The predicted molar refractivity (Wildman–Crippen MR) is 77.3 cm³/mol. The number of aromatic amines is 1. The summed E-state index contributed by atoms with van der Waals surface area (Å²) in [5.74, 6) is -1.15. The summed E-state index contributed by atoms with van der Waals surface area (Å²) >= 11 is 0. The highest BCUT2D eigenvalue weighted by atomic mass is 16.2. The van der Waals surface area contributed by atoms with Gasteiger partial charge in [-0.15, -0.1) is 0 Å². The lowest BCUT2D eigenvalue weighted by molar-refractivity contribution is -0.142. The maximum atomic E-state index is 11.9. The molecule has 20 heavy (non-hydrogen) atoms. The number of benzene rings is 1. The van der Waals surface area contributed by atoms with Crippen molar-refractivity contribution in [2.75, 3.05) is 18.9 Å². The zero-order valence-electron chi connectivity index (χ0n) is 11.6. The number of H-pyrrole nitrogens is 1. The lowest BCUT2D eigenvalue weighted by atomic mass is 10.2. The van der Waals surface area contributed by atoms with Gasteiger partial charge in [-0.05, 0) is 24.6 Å². The van der Waals surface area contributed by atoms with Gasteiger partial charge in [0.1, 0.15) is 0 Å². The highest BCUT2D eigenvalue weighted by Crippen LogP contribution is 2.16. The van der Waals surface area contributed by atoms with Crippen molar-refractivity contribution in [1.82, 2.24) is 15.1 Å². The van der Waals surface area contributed by atoms with E-state index in [9.17, 15) is 9.59 Å². The first-order valence-electron chi connectivity index (χ1n) is 6.61. The number of anilines is 1. The third-order valence-corrected chi connectivity index (χ3v) is 3.09. The Morgan fingerprint density at radius 2 is 2.20 bits per heavy atom. The second-order valence-electron chi connectivity index (χ2n) is 4.71. The molecule has 0 saturated heterocycles. The fourth-order valence-electron chi connectivity index (χ4n) is 1.87. The molecule has 2 rings (SSSR count). The van der Waals surface area contributed by atoms with Crippen molar-refractivity contribution < 1.29 is 9.59 Å². The smallest absolute Gasteiger partial charge is 0.313 e. The summed E-state index contributed by atoms with van der Waals surface area (Å²) in [7, 11) is 1.63. The van der Waals surface area contributed by atoms with Gasteiger partial charge in [0.2, 0.25) is 0 Å². The number of aromatic nitrogens is 2. The topological polar surface area (TPSA) is 78.1 Å². The van der Waals surface area contributed by atoms with Crippen LogP contribution in [0.3, 0.4) is 0 Å². The van der Waals surface area contributed by atoms with Gasteiger partial charge >= 0.3 is 11.8 Å². The molecule has 0 unspecified atom stereocenters. The largest absolute Gasteiger partial charge is 0.338 e. The average molecular weight is 274 g/mol.